The molecule has 0 aliphatic heterocycles. The lowest BCUT2D eigenvalue weighted by molar-refractivity contribution is -0.173. The second kappa shape index (κ2) is 13.0. The number of esters is 2. The van der Waals surface area contributed by atoms with Crippen LogP contribution in [0.25, 0.3) is 0 Å². The highest BCUT2D eigenvalue weighted by molar-refractivity contribution is 5.78. The number of hydrogen-bond acceptors (Lipinski definition) is 5. The maximum Gasteiger partial charge on any atom is 0.312 e. The van der Waals surface area contributed by atoms with E-state index in [1.165, 1.54) is 0 Å². The summed E-state index contributed by atoms with van der Waals surface area (Å²) in [6, 6.07) is 9.71. The van der Waals surface area contributed by atoms with Gasteiger partial charge in [0, 0.05) is 6.61 Å². The molecule has 180 valence electrons. The van der Waals surface area contributed by atoms with Crippen molar-refractivity contribution >= 4 is 11.9 Å². The zero-order valence-corrected chi connectivity index (χ0v) is 20.2. The fourth-order valence-corrected chi connectivity index (χ4v) is 4.48. The summed E-state index contributed by atoms with van der Waals surface area (Å²) in [4.78, 5) is 25.8. The predicted octanol–water partition coefficient (Wildman–Crippen LogP) is 5.97. The highest BCUT2D eigenvalue weighted by Gasteiger charge is 2.45. The van der Waals surface area contributed by atoms with Crippen molar-refractivity contribution in [1.82, 2.24) is 0 Å². The van der Waals surface area contributed by atoms with Gasteiger partial charge in [0.15, 0.2) is 0 Å². The van der Waals surface area contributed by atoms with E-state index in [1.807, 2.05) is 51.1 Å². The number of unbranched alkanes of at least 4 members (excludes halogenated alkanes) is 5. The molecule has 0 spiro atoms. The molecule has 1 aliphatic carbocycles. The summed E-state index contributed by atoms with van der Waals surface area (Å²) in [5, 5.41) is 8.89. The Balaban J connectivity index is 1.88. The number of rotatable bonds is 12. The van der Waals surface area contributed by atoms with Crippen molar-refractivity contribution in [3.63, 3.8) is 0 Å². The Morgan fingerprint density at radius 3 is 2.16 bits per heavy atom. The number of carbonyl (C=O) groups is 2. The summed E-state index contributed by atoms with van der Waals surface area (Å²) in [6.45, 7) is 6.28. The van der Waals surface area contributed by atoms with Gasteiger partial charge in [-0.1, -0.05) is 62.4 Å². The van der Waals surface area contributed by atoms with Crippen molar-refractivity contribution < 1.29 is 24.2 Å². The number of carbonyl (C=O) groups excluding carboxylic acids is 2. The average Bonchev–Trinajstić information content (AvgIpc) is 2.77. The van der Waals surface area contributed by atoms with Gasteiger partial charge >= 0.3 is 11.9 Å². The van der Waals surface area contributed by atoms with Gasteiger partial charge in [0.2, 0.25) is 0 Å². The fourth-order valence-electron chi connectivity index (χ4n) is 4.48. The van der Waals surface area contributed by atoms with Crippen LogP contribution < -0.4 is 0 Å². The summed E-state index contributed by atoms with van der Waals surface area (Å²) < 4.78 is 11.4. The summed E-state index contributed by atoms with van der Waals surface area (Å²) >= 11 is 0. The largest absolute Gasteiger partial charge is 0.461 e. The lowest BCUT2D eigenvalue weighted by Gasteiger charge is -2.39. The van der Waals surface area contributed by atoms with Crippen LogP contribution in [0, 0.1) is 11.3 Å². The topological polar surface area (TPSA) is 72.8 Å². The molecule has 0 aromatic heterocycles. The first kappa shape index (κ1) is 26.4. The summed E-state index contributed by atoms with van der Waals surface area (Å²) in [7, 11) is 0. The molecule has 1 fully saturated rings. The fraction of sp³-hybridized carbons (Fsp3) is 0.704. The van der Waals surface area contributed by atoms with E-state index in [2.05, 4.69) is 0 Å². The molecule has 1 saturated carbocycles. The van der Waals surface area contributed by atoms with Crippen molar-refractivity contribution in [2.24, 2.45) is 11.3 Å². The predicted molar refractivity (Wildman–Crippen MR) is 126 cm³/mol. The van der Waals surface area contributed by atoms with E-state index in [-0.39, 0.29) is 24.5 Å². The van der Waals surface area contributed by atoms with E-state index in [9.17, 15) is 9.59 Å². The van der Waals surface area contributed by atoms with Crippen LogP contribution in [-0.4, -0.2) is 29.3 Å². The molecule has 1 aromatic carbocycles. The number of aliphatic hydroxyl groups is 1. The molecule has 32 heavy (non-hydrogen) atoms. The van der Waals surface area contributed by atoms with E-state index in [1.54, 1.807) is 0 Å². The number of aliphatic hydroxyl groups excluding tert-OH is 1. The van der Waals surface area contributed by atoms with Crippen molar-refractivity contribution in [2.75, 3.05) is 6.61 Å². The van der Waals surface area contributed by atoms with Gasteiger partial charge in [0.1, 0.15) is 12.2 Å². The van der Waals surface area contributed by atoms with Gasteiger partial charge in [0.05, 0.1) is 11.3 Å². The number of benzene rings is 1. The standard InChI is InChI=1S/C27H42O5/c1-26(2,3)32-25(30)27(17-11-6-4-5-7-12-20-28)18-15-23(16-19-27)24(29)31-21-22-13-9-8-10-14-22/h8-10,13-14,23,28H,4-7,11-12,15-21H2,1-3H3. The van der Waals surface area contributed by atoms with Crippen LogP contribution in [0.2, 0.25) is 0 Å². The molecular weight excluding hydrogens is 404 g/mol. The van der Waals surface area contributed by atoms with E-state index in [0.29, 0.717) is 32.3 Å². The molecule has 1 aliphatic rings. The van der Waals surface area contributed by atoms with Crippen LogP contribution >= 0.6 is 0 Å². The maximum atomic E-state index is 13.2. The SMILES string of the molecule is CC(C)(C)OC(=O)C1(CCCCCCCCO)CCC(C(=O)OCc2ccccc2)CC1. The summed E-state index contributed by atoms with van der Waals surface area (Å²) in [5.41, 5.74) is -0.0206. The highest BCUT2D eigenvalue weighted by atomic mass is 16.6. The second-order valence-electron chi connectivity index (χ2n) is 10.2. The van der Waals surface area contributed by atoms with Crippen molar-refractivity contribution in [2.45, 2.75) is 104 Å². The molecule has 0 unspecified atom stereocenters. The lowest BCUT2D eigenvalue weighted by atomic mass is 9.67. The first-order chi connectivity index (χ1) is 15.3. The molecule has 0 atom stereocenters. The van der Waals surface area contributed by atoms with Gasteiger partial charge in [-0.15, -0.1) is 0 Å². The zero-order chi connectivity index (χ0) is 23.5. The third-order valence-corrected chi connectivity index (χ3v) is 6.40. The van der Waals surface area contributed by atoms with Gasteiger partial charge < -0.3 is 14.6 Å². The molecule has 1 N–H and O–H groups in total. The van der Waals surface area contributed by atoms with Gasteiger partial charge in [-0.25, -0.2) is 0 Å². The third kappa shape index (κ3) is 8.93. The molecular formula is C27H42O5. The molecule has 1 aromatic rings. The Morgan fingerprint density at radius 1 is 0.969 bits per heavy atom. The van der Waals surface area contributed by atoms with Gasteiger partial charge in [-0.2, -0.15) is 0 Å². The van der Waals surface area contributed by atoms with Gasteiger partial charge in [0.25, 0.3) is 0 Å². The average molecular weight is 447 g/mol. The Kier molecular flexibility index (Phi) is 10.7. The van der Waals surface area contributed by atoms with Crippen LogP contribution in [0.1, 0.15) is 97.0 Å². The van der Waals surface area contributed by atoms with E-state index in [4.69, 9.17) is 14.6 Å². The molecule has 0 amide bonds. The first-order valence-electron chi connectivity index (χ1n) is 12.3. The number of hydrogen-bond donors (Lipinski definition) is 1. The first-order valence-corrected chi connectivity index (χ1v) is 12.3. The van der Waals surface area contributed by atoms with Crippen molar-refractivity contribution in [1.29, 1.82) is 0 Å². The minimum absolute atomic E-state index is 0.110. The summed E-state index contributed by atoms with van der Waals surface area (Å²) in [6.07, 6.45) is 9.74. The normalized spacial score (nSPS) is 21.2. The van der Waals surface area contributed by atoms with Crippen molar-refractivity contribution in [3.8, 4) is 0 Å². The lowest BCUT2D eigenvalue weighted by Crippen LogP contribution is -2.41. The monoisotopic (exact) mass is 446 g/mol. The zero-order valence-electron chi connectivity index (χ0n) is 20.2. The third-order valence-electron chi connectivity index (χ3n) is 6.40. The van der Waals surface area contributed by atoms with Crippen LogP contribution in [0.4, 0.5) is 0 Å². The van der Waals surface area contributed by atoms with Crippen LogP contribution in [0.3, 0.4) is 0 Å². The van der Waals surface area contributed by atoms with E-state index < -0.39 is 11.0 Å². The van der Waals surface area contributed by atoms with Crippen LogP contribution in [0.5, 0.6) is 0 Å². The van der Waals surface area contributed by atoms with E-state index >= 15 is 0 Å². The van der Waals surface area contributed by atoms with E-state index in [0.717, 1.165) is 50.5 Å². The Hall–Kier alpha value is -1.88. The van der Waals surface area contributed by atoms with Crippen molar-refractivity contribution in [3.05, 3.63) is 35.9 Å². The molecule has 0 bridgehead atoms. The smallest absolute Gasteiger partial charge is 0.312 e. The summed E-state index contributed by atoms with van der Waals surface area (Å²) in [5.74, 6) is -0.412. The molecule has 5 nitrogen and oxygen atoms in total. The Bertz CT molecular complexity index is 684. The maximum absolute atomic E-state index is 13.2. The van der Waals surface area contributed by atoms with Crippen LogP contribution in [-0.2, 0) is 25.7 Å². The Labute approximate surface area is 193 Å². The molecule has 2 rings (SSSR count). The number of ether oxygens (including phenoxy) is 2. The highest BCUT2D eigenvalue weighted by Crippen LogP contribution is 2.45. The second-order valence-corrected chi connectivity index (χ2v) is 10.2. The Morgan fingerprint density at radius 2 is 1.56 bits per heavy atom. The molecule has 5 heteroatoms. The molecule has 0 saturated heterocycles. The minimum Gasteiger partial charge on any atom is -0.461 e. The van der Waals surface area contributed by atoms with Gasteiger partial charge in [-0.05, 0) is 64.9 Å². The minimum atomic E-state index is -0.514. The van der Waals surface area contributed by atoms with Gasteiger partial charge in [-0.3, -0.25) is 9.59 Å². The molecule has 0 heterocycles. The van der Waals surface area contributed by atoms with Crippen LogP contribution in [0.15, 0.2) is 30.3 Å². The quantitative estimate of drug-likeness (QED) is 0.316. The molecule has 0 radical (unpaired) electrons.